The summed E-state index contributed by atoms with van der Waals surface area (Å²) in [4.78, 5) is 0. The van der Waals surface area contributed by atoms with Crippen molar-refractivity contribution in [2.45, 2.75) is 19.8 Å². The fraction of sp³-hybridized carbons (Fsp3) is 1.00. The van der Waals surface area contributed by atoms with Crippen LogP contribution >= 0.6 is 0 Å². The molecule has 0 spiro atoms. The summed E-state index contributed by atoms with van der Waals surface area (Å²) in [5.74, 6) is -2.92. The first kappa shape index (κ1) is 7.92. The zero-order valence-electron chi connectivity index (χ0n) is 6.54. The summed E-state index contributed by atoms with van der Waals surface area (Å²) >= 11 is 0. The van der Waals surface area contributed by atoms with Crippen LogP contribution in [-0.4, -0.2) is 19.5 Å². The van der Waals surface area contributed by atoms with Crippen molar-refractivity contribution < 1.29 is 8.78 Å². The highest BCUT2D eigenvalue weighted by atomic mass is 19.3. The fourth-order valence-electron chi connectivity index (χ4n) is 1.34. The lowest BCUT2D eigenvalue weighted by Gasteiger charge is -1.96. The first-order valence-electron chi connectivity index (χ1n) is 3.47. The number of hydrogen-bond acceptors (Lipinski definition) is 1. The summed E-state index contributed by atoms with van der Waals surface area (Å²) in [6, 6.07) is 0. The first-order chi connectivity index (χ1) is 4.44. The number of alkyl halides is 2. The third-order valence-corrected chi connectivity index (χ3v) is 2.49. The molecule has 0 aromatic heterocycles. The monoisotopic (exact) mass is 149 g/mol. The molecule has 1 aliphatic carbocycles. The maximum absolute atomic E-state index is 12.7. The quantitative estimate of drug-likeness (QED) is 0.627. The molecule has 0 bridgehead atoms. The molecule has 0 amide bonds. The van der Waals surface area contributed by atoms with Crippen LogP contribution in [0.2, 0.25) is 0 Å². The summed E-state index contributed by atoms with van der Waals surface area (Å²) in [6.45, 7) is 3.63. The van der Waals surface area contributed by atoms with E-state index in [1.807, 2.05) is 0 Å². The maximum atomic E-state index is 12.7. The summed E-state index contributed by atoms with van der Waals surface area (Å²) in [5, 5.41) is 2.76. The zero-order valence-corrected chi connectivity index (χ0v) is 6.54. The minimum absolute atomic E-state index is 0.417. The molecule has 0 aromatic rings. The van der Waals surface area contributed by atoms with Crippen LogP contribution in [0.3, 0.4) is 0 Å². The van der Waals surface area contributed by atoms with Gasteiger partial charge in [-0.2, -0.15) is 0 Å². The Balaban J connectivity index is 2.54. The average molecular weight is 149 g/mol. The van der Waals surface area contributed by atoms with Gasteiger partial charge in [-0.3, -0.25) is 0 Å². The van der Waals surface area contributed by atoms with Crippen LogP contribution in [0.15, 0.2) is 0 Å². The van der Waals surface area contributed by atoms with E-state index >= 15 is 0 Å². The molecule has 1 saturated carbocycles. The first-order valence-corrected chi connectivity index (χ1v) is 3.47. The van der Waals surface area contributed by atoms with E-state index in [4.69, 9.17) is 0 Å². The van der Waals surface area contributed by atoms with Crippen molar-refractivity contribution in [1.29, 1.82) is 0 Å². The Morgan fingerprint density at radius 2 is 1.80 bits per heavy atom. The Kier molecular flexibility index (Phi) is 1.51. The summed E-state index contributed by atoms with van der Waals surface area (Å²) in [5.41, 5.74) is -0.782. The number of nitrogens with one attached hydrogen (secondary N) is 1. The number of hydrogen-bond donors (Lipinski definition) is 1. The van der Waals surface area contributed by atoms with E-state index in [1.165, 1.54) is 0 Å². The molecule has 0 unspecified atom stereocenters. The van der Waals surface area contributed by atoms with Gasteiger partial charge < -0.3 is 5.32 Å². The number of halogens is 2. The smallest absolute Gasteiger partial charge is 0.258 e. The molecule has 1 aliphatic rings. The van der Waals surface area contributed by atoms with Gasteiger partial charge in [-0.05, 0) is 7.05 Å². The maximum Gasteiger partial charge on any atom is 0.258 e. The van der Waals surface area contributed by atoms with E-state index in [0.29, 0.717) is 6.54 Å². The van der Waals surface area contributed by atoms with Gasteiger partial charge in [0.25, 0.3) is 5.92 Å². The van der Waals surface area contributed by atoms with Crippen LogP contribution in [-0.2, 0) is 0 Å². The molecule has 60 valence electrons. The molecular formula is C7H13F2N. The second-order valence-corrected chi connectivity index (χ2v) is 3.45. The Morgan fingerprint density at radius 1 is 1.40 bits per heavy atom. The van der Waals surface area contributed by atoms with Crippen molar-refractivity contribution in [2.24, 2.45) is 11.3 Å². The predicted molar refractivity (Wildman–Crippen MR) is 36.1 cm³/mol. The Hall–Kier alpha value is -0.180. The minimum atomic E-state index is -2.45. The molecule has 1 rings (SSSR count). The summed E-state index contributed by atoms with van der Waals surface area (Å²) in [7, 11) is 1.70. The molecule has 0 aliphatic heterocycles. The summed E-state index contributed by atoms with van der Waals surface area (Å²) < 4.78 is 25.4. The van der Waals surface area contributed by atoms with E-state index in [-0.39, 0.29) is 0 Å². The fourth-order valence-corrected chi connectivity index (χ4v) is 1.34. The molecule has 10 heavy (non-hydrogen) atoms. The molecule has 0 heterocycles. The Labute approximate surface area is 59.8 Å². The summed E-state index contributed by atoms with van der Waals surface area (Å²) in [6.07, 6.45) is 0. The van der Waals surface area contributed by atoms with Gasteiger partial charge in [0, 0.05) is 17.9 Å². The highest BCUT2D eigenvalue weighted by Gasteiger charge is 2.74. The van der Waals surface area contributed by atoms with E-state index in [0.717, 1.165) is 0 Å². The van der Waals surface area contributed by atoms with Crippen molar-refractivity contribution in [3.63, 3.8) is 0 Å². The molecule has 1 N–H and O–H groups in total. The van der Waals surface area contributed by atoms with Crippen molar-refractivity contribution in [2.75, 3.05) is 13.6 Å². The normalized spacial score (nSPS) is 33.9. The molecule has 3 heteroatoms. The van der Waals surface area contributed by atoms with Crippen LogP contribution in [0.5, 0.6) is 0 Å². The molecule has 1 atom stereocenters. The van der Waals surface area contributed by atoms with Crippen molar-refractivity contribution in [3.8, 4) is 0 Å². The van der Waals surface area contributed by atoms with Crippen LogP contribution < -0.4 is 5.32 Å². The van der Waals surface area contributed by atoms with Gasteiger partial charge in [0.1, 0.15) is 0 Å². The SMILES string of the molecule is CNC[C@@H]1C(C)(C)C1(F)F. The molecule has 0 aromatic carbocycles. The van der Waals surface area contributed by atoms with Gasteiger partial charge in [-0.1, -0.05) is 13.8 Å². The lowest BCUT2D eigenvalue weighted by Crippen LogP contribution is -2.13. The van der Waals surface area contributed by atoms with E-state index < -0.39 is 17.3 Å². The molecule has 1 fully saturated rings. The van der Waals surface area contributed by atoms with E-state index in [2.05, 4.69) is 5.32 Å². The van der Waals surface area contributed by atoms with Crippen LogP contribution in [0.1, 0.15) is 13.8 Å². The van der Waals surface area contributed by atoms with Gasteiger partial charge in [-0.15, -0.1) is 0 Å². The molecule has 0 saturated heterocycles. The highest BCUT2D eigenvalue weighted by Crippen LogP contribution is 2.64. The zero-order chi connectivity index (χ0) is 7.99. The average Bonchev–Trinajstić information content (AvgIpc) is 2.13. The van der Waals surface area contributed by atoms with Crippen molar-refractivity contribution in [3.05, 3.63) is 0 Å². The second-order valence-electron chi connectivity index (χ2n) is 3.45. The van der Waals surface area contributed by atoms with E-state index in [9.17, 15) is 8.78 Å². The Bertz CT molecular complexity index is 129. The second kappa shape index (κ2) is 1.91. The predicted octanol–water partition coefficient (Wildman–Crippen LogP) is 1.50. The number of rotatable bonds is 2. The molecule has 1 nitrogen and oxygen atoms in total. The largest absolute Gasteiger partial charge is 0.319 e. The van der Waals surface area contributed by atoms with Gasteiger partial charge in [0.15, 0.2) is 0 Å². The third kappa shape index (κ3) is 0.764. The lowest BCUT2D eigenvalue weighted by molar-refractivity contribution is 0.0668. The van der Waals surface area contributed by atoms with Gasteiger partial charge in [0.05, 0.1) is 0 Å². The van der Waals surface area contributed by atoms with Gasteiger partial charge >= 0.3 is 0 Å². The highest BCUT2D eigenvalue weighted by molar-refractivity contribution is 5.13. The van der Waals surface area contributed by atoms with Crippen LogP contribution in [0.25, 0.3) is 0 Å². The van der Waals surface area contributed by atoms with Crippen LogP contribution in [0, 0.1) is 11.3 Å². The standard InChI is InChI=1S/C7H13F2N/c1-6(2)5(4-10-3)7(6,8)9/h5,10H,4H2,1-3H3/t5-/m1/s1. The van der Waals surface area contributed by atoms with Gasteiger partial charge in [0.2, 0.25) is 0 Å². The van der Waals surface area contributed by atoms with Crippen LogP contribution in [0.4, 0.5) is 8.78 Å². The van der Waals surface area contributed by atoms with Crippen molar-refractivity contribution in [1.82, 2.24) is 5.32 Å². The molecular weight excluding hydrogens is 136 g/mol. The van der Waals surface area contributed by atoms with E-state index in [1.54, 1.807) is 20.9 Å². The third-order valence-electron chi connectivity index (χ3n) is 2.49. The topological polar surface area (TPSA) is 12.0 Å². The van der Waals surface area contributed by atoms with Gasteiger partial charge in [-0.25, -0.2) is 8.78 Å². The van der Waals surface area contributed by atoms with Crippen molar-refractivity contribution >= 4 is 0 Å². The lowest BCUT2D eigenvalue weighted by atomic mass is 10.1. The molecule has 0 radical (unpaired) electrons. The Morgan fingerprint density at radius 3 is 1.90 bits per heavy atom. The minimum Gasteiger partial charge on any atom is -0.319 e.